The normalized spacial score (nSPS) is 13.8. The first-order chi connectivity index (χ1) is 18.4. The lowest BCUT2D eigenvalue weighted by atomic mass is 10.1. The van der Waals surface area contributed by atoms with Crippen LogP contribution >= 0.6 is 0 Å². The minimum Gasteiger partial charge on any atom is -0.485 e. The van der Waals surface area contributed by atoms with Gasteiger partial charge >= 0.3 is 0 Å². The summed E-state index contributed by atoms with van der Waals surface area (Å²) in [6.45, 7) is 5.03. The number of halogens is 1. The summed E-state index contributed by atoms with van der Waals surface area (Å²) < 4.78 is 25.0. The van der Waals surface area contributed by atoms with E-state index >= 15 is 0 Å². The predicted octanol–water partition coefficient (Wildman–Crippen LogP) is 3.76. The Labute approximate surface area is 218 Å². The van der Waals surface area contributed by atoms with Gasteiger partial charge in [-0.1, -0.05) is 5.16 Å². The molecule has 0 aliphatic carbocycles. The van der Waals surface area contributed by atoms with Gasteiger partial charge in [0.15, 0.2) is 18.2 Å². The monoisotopic (exact) mass is 518 g/mol. The molecule has 5 rings (SSSR count). The minimum absolute atomic E-state index is 0.00972. The standard InChI is InChI=1S/C26H27FN8O3/c1-17-29-23(33-38-17)16-37-21-9-7-19(8-10-21)30-24-22(27)15-28-26(32-24)31-20-5-3-18(4-6-20)25(36)35-13-11-34(2)12-14-35/h3-10,15H,11-14,16H2,1-2H3,(H2,28,30,31,32). The van der Waals surface area contributed by atoms with Crippen LogP contribution in [0.5, 0.6) is 5.75 Å². The van der Waals surface area contributed by atoms with Gasteiger partial charge in [-0.2, -0.15) is 9.97 Å². The van der Waals surface area contributed by atoms with Crippen molar-refractivity contribution in [1.82, 2.24) is 29.9 Å². The summed E-state index contributed by atoms with van der Waals surface area (Å²) in [7, 11) is 2.05. The van der Waals surface area contributed by atoms with Crippen molar-refractivity contribution in [3.8, 4) is 5.75 Å². The van der Waals surface area contributed by atoms with Crippen molar-refractivity contribution in [2.75, 3.05) is 43.9 Å². The summed E-state index contributed by atoms with van der Waals surface area (Å²) in [5, 5.41) is 9.79. The van der Waals surface area contributed by atoms with Gasteiger partial charge < -0.3 is 29.7 Å². The van der Waals surface area contributed by atoms with Crippen LogP contribution in [0.25, 0.3) is 0 Å². The molecule has 0 unspecified atom stereocenters. The molecule has 4 aromatic rings. The first-order valence-corrected chi connectivity index (χ1v) is 12.1. The molecule has 1 fully saturated rings. The third-order valence-corrected chi connectivity index (χ3v) is 5.98. The lowest BCUT2D eigenvalue weighted by molar-refractivity contribution is 0.0664. The SMILES string of the molecule is Cc1nc(COc2ccc(Nc3nc(Nc4ccc(C(=O)N5CCN(C)CC5)cc4)ncc3F)cc2)no1. The van der Waals surface area contributed by atoms with E-state index in [0.29, 0.717) is 47.5 Å². The fourth-order valence-corrected chi connectivity index (χ4v) is 3.85. The van der Waals surface area contributed by atoms with Crippen molar-refractivity contribution in [3.63, 3.8) is 0 Å². The first kappa shape index (κ1) is 25.1. The molecule has 0 saturated carbocycles. The molecule has 2 aromatic carbocycles. The molecular formula is C26H27FN8O3. The molecule has 0 radical (unpaired) electrons. The van der Waals surface area contributed by atoms with Gasteiger partial charge in [-0.15, -0.1) is 0 Å². The number of anilines is 4. The summed E-state index contributed by atoms with van der Waals surface area (Å²) in [6, 6.07) is 14.0. The third-order valence-electron chi connectivity index (χ3n) is 5.98. The van der Waals surface area contributed by atoms with E-state index < -0.39 is 5.82 Å². The summed E-state index contributed by atoms with van der Waals surface area (Å²) in [4.78, 5) is 29.2. The Bertz CT molecular complexity index is 1390. The van der Waals surface area contributed by atoms with Crippen LogP contribution in [0.1, 0.15) is 22.1 Å². The van der Waals surface area contributed by atoms with Crippen LogP contribution in [0.3, 0.4) is 0 Å². The zero-order valence-electron chi connectivity index (χ0n) is 21.0. The van der Waals surface area contributed by atoms with Gasteiger partial charge in [0.25, 0.3) is 5.91 Å². The highest BCUT2D eigenvalue weighted by Crippen LogP contribution is 2.23. The highest BCUT2D eigenvalue weighted by atomic mass is 19.1. The van der Waals surface area contributed by atoms with Crippen LogP contribution < -0.4 is 15.4 Å². The van der Waals surface area contributed by atoms with Gasteiger partial charge in [0.1, 0.15) is 5.75 Å². The minimum atomic E-state index is -0.600. The molecule has 1 saturated heterocycles. The van der Waals surface area contributed by atoms with Crippen molar-refractivity contribution in [2.24, 2.45) is 0 Å². The second-order valence-electron chi connectivity index (χ2n) is 8.86. The van der Waals surface area contributed by atoms with Gasteiger partial charge in [-0.3, -0.25) is 4.79 Å². The summed E-state index contributed by atoms with van der Waals surface area (Å²) in [5.74, 6) is 1.15. The molecule has 1 aliphatic rings. The van der Waals surface area contributed by atoms with Gasteiger partial charge in [0.05, 0.1) is 6.20 Å². The van der Waals surface area contributed by atoms with E-state index in [1.54, 1.807) is 55.5 Å². The van der Waals surface area contributed by atoms with Crippen molar-refractivity contribution >= 4 is 29.0 Å². The molecule has 196 valence electrons. The number of carbonyl (C=O) groups excluding carboxylic acids is 1. The largest absolute Gasteiger partial charge is 0.485 e. The number of hydrogen-bond donors (Lipinski definition) is 2. The maximum Gasteiger partial charge on any atom is 0.253 e. The second kappa shape index (κ2) is 11.2. The number of nitrogens with zero attached hydrogens (tertiary/aromatic N) is 6. The quantitative estimate of drug-likeness (QED) is 0.357. The average Bonchev–Trinajstić information content (AvgIpc) is 3.35. The number of rotatable bonds is 8. The van der Waals surface area contributed by atoms with Crippen LogP contribution in [0.2, 0.25) is 0 Å². The smallest absolute Gasteiger partial charge is 0.253 e. The number of carbonyl (C=O) groups is 1. The van der Waals surface area contributed by atoms with Crippen molar-refractivity contribution in [1.29, 1.82) is 0 Å². The number of piperazine rings is 1. The highest BCUT2D eigenvalue weighted by molar-refractivity contribution is 5.94. The van der Waals surface area contributed by atoms with E-state index in [4.69, 9.17) is 9.26 Å². The van der Waals surface area contributed by atoms with Gasteiger partial charge in [0, 0.05) is 50.0 Å². The molecule has 1 amide bonds. The fourth-order valence-electron chi connectivity index (χ4n) is 3.85. The Morgan fingerprint density at radius 1 is 1.00 bits per heavy atom. The van der Waals surface area contributed by atoms with Crippen LogP contribution in [0, 0.1) is 12.7 Å². The number of likely N-dealkylation sites (N-methyl/N-ethyl adjacent to an activating group) is 1. The molecule has 12 heteroatoms. The number of ether oxygens (including phenoxy) is 1. The van der Waals surface area contributed by atoms with Gasteiger partial charge in [-0.05, 0) is 55.6 Å². The number of aryl methyl sites for hydroxylation is 1. The lowest BCUT2D eigenvalue weighted by Gasteiger charge is -2.32. The second-order valence-corrected chi connectivity index (χ2v) is 8.86. The molecule has 2 aromatic heterocycles. The van der Waals surface area contributed by atoms with E-state index in [2.05, 4.69) is 35.6 Å². The Morgan fingerprint density at radius 2 is 1.68 bits per heavy atom. The lowest BCUT2D eigenvalue weighted by Crippen LogP contribution is -2.47. The van der Waals surface area contributed by atoms with Crippen molar-refractivity contribution in [3.05, 3.63) is 77.8 Å². The van der Waals surface area contributed by atoms with Crippen LogP contribution in [0.15, 0.2) is 59.3 Å². The van der Waals surface area contributed by atoms with E-state index in [-0.39, 0.29) is 24.3 Å². The highest BCUT2D eigenvalue weighted by Gasteiger charge is 2.20. The molecule has 2 N–H and O–H groups in total. The molecule has 11 nitrogen and oxygen atoms in total. The number of hydrogen-bond acceptors (Lipinski definition) is 10. The maximum atomic E-state index is 14.4. The molecule has 0 bridgehead atoms. The number of benzene rings is 2. The Morgan fingerprint density at radius 3 is 2.37 bits per heavy atom. The predicted molar refractivity (Wildman–Crippen MR) is 138 cm³/mol. The first-order valence-electron chi connectivity index (χ1n) is 12.1. The summed E-state index contributed by atoms with van der Waals surface area (Å²) in [6.07, 6.45) is 1.09. The van der Waals surface area contributed by atoms with Crippen LogP contribution in [-0.2, 0) is 6.61 Å². The molecule has 0 spiro atoms. The molecule has 1 aliphatic heterocycles. The zero-order chi connectivity index (χ0) is 26.5. The topological polar surface area (TPSA) is 122 Å². The van der Waals surface area contributed by atoms with Crippen molar-refractivity contribution < 1.29 is 18.4 Å². The van der Waals surface area contributed by atoms with E-state index in [9.17, 15) is 9.18 Å². The van der Waals surface area contributed by atoms with E-state index in [1.807, 2.05) is 11.9 Å². The third kappa shape index (κ3) is 6.21. The molecule has 3 heterocycles. The summed E-state index contributed by atoms with van der Waals surface area (Å²) in [5.41, 5.74) is 1.90. The maximum absolute atomic E-state index is 14.4. The number of nitrogens with one attached hydrogen (secondary N) is 2. The van der Waals surface area contributed by atoms with Crippen molar-refractivity contribution in [2.45, 2.75) is 13.5 Å². The molecule has 0 atom stereocenters. The average molecular weight is 519 g/mol. The number of amides is 1. The summed E-state index contributed by atoms with van der Waals surface area (Å²) >= 11 is 0. The van der Waals surface area contributed by atoms with Gasteiger partial charge in [-0.25, -0.2) is 9.37 Å². The van der Waals surface area contributed by atoms with Gasteiger partial charge in [0.2, 0.25) is 17.7 Å². The van der Waals surface area contributed by atoms with Crippen LogP contribution in [-0.4, -0.2) is 69.0 Å². The Hall–Kier alpha value is -4.58. The molecular weight excluding hydrogens is 491 g/mol. The Kier molecular flexibility index (Phi) is 7.40. The van der Waals surface area contributed by atoms with Crippen LogP contribution in [0.4, 0.5) is 27.5 Å². The zero-order valence-corrected chi connectivity index (χ0v) is 21.0. The fraction of sp³-hybridized carbons (Fsp3) is 0.269. The Balaban J connectivity index is 1.19. The van der Waals surface area contributed by atoms with E-state index in [0.717, 1.165) is 19.3 Å². The molecule has 38 heavy (non-hydrogen) atoms. The number of aromatic nitrogens is 4. The van der Waals surface area contributed by atoms with E-state index in [1.165, 1.54) is 0 Å².